The monoisotopic (exact) mass is 456 g/mol. The summed E-state index contributed by atoms with van der Waals surface area (Å²) in [7, 11) is 6.11. The molecule has 0 bridgehead atoms. The third-order valence-electron chi connectivity index (χ3n) is 5.12. The van der Waals surface area contributed by atoms with E-state index in [2.05, 4.69) is 47.2 Å². The van der Waals surface area contributed by atoms with Crippen molar-refractivity contribution in [2.45, 2.75) is 16.2 Å². The summed E-state index contributed by atoms with van der Waals surface area (Å²) in [6, 6.07) is 12.5. The van der Waals surface area contributed by atoms with Gasteiger partial charge in [0, 0.05) is 36.6 Å². The van der Waals surface area contributed by atoms with Gasteiger partial charge in [0.1, 0.15) is 0 Å². The summed E-state index contributed by atoms with van der Waals surface area (Å²) in [6.45, 7) is 0. The highest BCUT2D eigenvalue weighted by molar-refractivity contribution is 8.27. The van der Waals surface area contributed by atoms with Crippen molar-refractivity contribution >= 4 is 74.8 Å². The molecule has 1 N–H and O–H groups in total. The Kier molecular flexibility index (Phi) is 5.65. The quantitative estimate of drug-likeness (QED) is 0.506. The van der Waals surface area contributed by atoms with E-state index in [-0.39, 0.29) is 12.2 Å². The number of allylic oxidation sites excluding steroid dienone is 1. The van der Waals surface area contributed by atoms with Gasteiger partial charge in [0.25, 0.3) is 0 Å². The zero-order chi connectivity index (χ0) is 21.6. The SMILES string of the molecule is CN(C)c1ccc2c(c1)N(C)c1ccc(/C=C3/SC(=S)C(CC(=O)O)C3=O)cc1S2. The van der Waals surface area contributed by atoms with Gasteiger partial charge in [0.15, 0.2) is 5.78 Å². The van der Waals surface area contributed by atoms with Gasteiger partial charge in [0.2, 0.25) is 0 Å². The Labute approximate surface area is 189 Å². The standard InChI is InChI=1S/C22H20N2O3S3/c1-23(2)13-5-7-17-16(10-13)24(3)15-6-4-12(8-18(15)29-17)9-19-21(27)14(11-20(25)26)22(28)30-19/h4-10,14H,11H2,1-3H3,(H,25,26)/b19-9+. The fraction of sp³-hybridized carbons (Fsp3) is 0.227. The average molecular weight is 457 g/mol. The Morgan fingerprint density at radius 3 is 2.63 bits per heavy atom. The molecule has 2 aliphatic rings. The second-order valence-corrected chi connectivity index (χ2v) is 10.2. The molecule has 0 aliphatic carbocycles. The molecule has 5 nitrogen and oxygen atoms in total. The predicted octanol–water partition coefficient (Wildman–Crippen LogP) is 5.06. The smallest absolute Gasteiger partial charge is 0.304 e. The van der Waals surface area contributed by atoms with Crippen LogP contribution in [-0.4, -0.2) is 42.2 Å². The van der Waals surface area contributed by atoms with E-state index in [9.17, 15) is 9.59 Å². The summed E-state index contributed by atoms with van der Waals surface area (Å²) >= 11 is 8.15. The van der Waals surface area contributed by atoms with E-state index in [1.165, 1.54) is 16.7 Å². The van der Waals surface area contributed by atoms with Crippen LogP contribution in [-0.2, 0) is 9.59 Å². The van der Waals surface area contributed by atoms with Gasteiger partial charge in [-0.25, -0.2) is 0 Å². The summed E-state index contributed by atoms with van der Waals surface area (Å²) in [4.78, 5) is 30.7. The number of rotatable bonds is 4. The number of ketones is 1. The van der Waals surface area contributed by atoms with Crippen molar-refractivity contribution in [2.75, 3.05) is 30.9 Å². The van der Waals surface area contributed by atoms with Gasteiger partial charge in [-0.3, -0.25) is 9.59 Å². The minimum absolute atomic E-state index is 0.198. The van der Waals surface area contributed by atoms with Crippen molar-refractivity contribution in [3.05, 3.63) is 46.9 Å². The predicted molar refractivity (Wildman–Crippen MR) is 128 cm³/mol. The average Bonchev–Trinajstić information content (AvgIpc) is 2.94. The van der Waals surface area contributed by atoms with Gasteiger partial charge >= 0.3 is 5.97 Å². The second kappa shape index (κ2) is 8.09. The third-order valence-corrected chi connectivity index (χ3v) is 7.79. The zero-order valence-corrected chi connectivity index (χ0v) is 19.2. The van der Waals surface area contributed by atoms with Crippen LogP contribution in [0.25, 0.3) is 6.08 Å². The number of carboxylic acid groups (broad SMARTS) is 1. The van der Waals surface area contributed by atoms with E-state index >= 15 is 0 Å². The number of hydrogen-bond acceptors (Lipinski definition) is 7. The van der Waals surface area contributed by atoms with Gasteiger partial charge in [0.05, 0.1) is 32.8 Å². The highest BCUT2D eigenvalue weighted by atomic mass is 32.2. The number of thioether (sulfide) groups is 1. The van der Waals surface area contributed by atoms with E-state index < -0.39 is 11.9 Å². The van der Waals surface area contributed by atoms with Crippen LogP contribution in [0.5, 0.6) is 0 Å². The van der Waals surface area contributed by atoms with Gasteiger partial charge in [-0.05, 0) is 42.0 Å². The number of aliphatic carboxylic acids is 1. The first kappa shape index (κ1) is 21.0. The topological polar surface area (TPSA) is 60.9 Å². The third kappa shape index (κ3) is 3.87. The molecule has 30 heavy (non-hydrogen) atoms. The molecule has 2 aromatic rings. The lowest BCUT2D eigenvalue weighted by atomic mass is 10.0. The van der Waals surface area contributed by atoms with E-state index in [1.807, 2.05) is 26.2 Å². The van der Waals surface area contributed by atoms with E-state index in [0.717, 1.165) is 27.5 Å². The molecule has 8 heteroatoms. The van der Waals surface area contributed by atoms with E-state index in [4.69, 9.17) is 17.3 Å². The van der Waals surface area contributed by atoms with Crippen molar-refractivity contribution < 1.29 is 14.7 Å². The first-order chi connectivity index (χ1) is 14.2. The van der Waals surface area contributed by atoms with Gasteiger partial charge < -0.3 is 14.9 Å². The number of benzene rings is 2. The lowest BCUT2D eigenvalue weighted by Crippen LogP contribution is -2.17. The van der Waals surface area contributed by atoms with Crippen molar-refractivity contribution in [1.82, 2.24) is 0 Å². The number of fused-ring (bicyclic) bond motifs is 2. The van der Waals surface area contributed by atoms with Gasteiger partial charge in [-0.15, -0.1) is 0 Å². The minimum atomic E-state index is -1.01. The first-order valence-electron chi connectivity index (χ1n) is 9.31. The van der Waals surface area contributed by atoms with E-state index in [0.29, 0.717) is 9.10 Å². The summed E-state index contributed by atoms with van der Waals surface area (Å²) in [6.07, 6.45) is 1.56. The minimum Gasteiger partial charge on any atom is -0.481 e. The molecule has 1 saturated heterocycles. The molecule has 2 aliphatic heterocycles. The van der Waals surface area contributed by atoms with Crippen molar-refractivity contribution in [1.29, 1.82) is 0 Å². The number of Topliss-reactive ketones (excluding diaryl/α,β-unsaturated/α-hetero) is 1. The maximum atomic E-state index is 12.6. The highest BCUT2D eigenvalue weighted by Crippen LogP contribution is 2.49. The molecule has 154 valence electrons. The zero-order valence-electron chi connectivity index (χ0n) is 16.7. The maximum absolute atomic E-state index is 12.6. The molecule has 0 amide bonds. The fourth-order valence-electron chi connectivity index (χ4n) is 3.47. The molecule has 0 aromatic heterocycles. The number of thiocarbonyl (C=S) groups is 1. The number of carboxylic acids is 1. The van der Waals surface area contributed by atoms with Crippen molar-refractivity contribution in [3.63, 3.8) is 0 Å². The molecule has 1 atom stereocenters. The maximum Gasteiger partial charge on any atom is 0.304 e. The van der Waals surface area contributed by atoms with Crippen LogP contribution in [0.4, 0.5) is 17.1 Å². The lowest BCUT2D eigenvalue weighted by Gasteiger charge is -2.30. The number of nitrogens with zero attached hydrogens (tertiary/aromatic N) is 2. The largest absolute Gasteiger partial charge is 0.481 e. The molecule has 1 fully saturated rings. The molecule has 2 aromatic carbocycles. The van der Waals surface area contributed by atoms with Gasteiger partial charge in [-0.1, -0.05) is 41.8 Å². The van der Waals surface area contributed by atoms with E-state index in [1.54, 1.807) is 11.8 Å². The number of carbonyl (C=O) groups excluding carboxylic acids is 1. The molecule has 4 rings (SSSR count). The molecule has 1 unspecified atom stereocenters. The Balaban J connectivity index is 1.63. The second-order valence-electron chi connectivity index (χ2n) is 7.38. The lowest BCUT2D eigenvalue weighted by molar-refractivity contribution is -0.139. The van der Waals surface area contributed by atoms with Crippen molar-refractivity contribution in [3.8, 4) is 0 Å². The molecule has 0 saturated carbocycles. The first-order valence-corrected chi connectivity index (χ1v) is 11.3. The molecule has 0 radical (unpaired) electrons. The fourth-order valence-corrected chi connectivity index (χ4v) is 6.10. The Morgan fingerprint density at radius 1 is 1.17 bits per heavy atom. The van der Waals surface area contributed by atoms with Crippen LogP contribution in [0.3, 0.4) is 0 Å². The summed E-state index contributed by atoms with van der Waals surface area (Å²) in [5.41, 5.74) is 4.32. The van der Waals surface area contributed by atoms with Crippen molar-refractivity contribution in [2.24, 2.45) is 5.92 Å². The normalized spacial score (nSPS) is 19.1. The molecular formula is C22H20N2O3S3. The Morgan fingerprint density at radius 2 is 1.93 bits per heavy atom. The summed E-state index contributed by atoms with van der Waals surface area (Å²) in [5.74, 6) is -1.93. The highest BCUT2D eigenvalue weighted by Gasteiger charge is 2.36. The summed E-state index contributed by atoms with van der Waals surface area (Å²) < 4.78 is 0.436. The molecule has 2 heterocycles. The number of anilines is 3. The number of hydrogen-bond donors (Lipinski definition) is 1. The van der Waals surface area contributed by atoms with Crippen LogP contribution in [0.2, 0.25) is 0 Å². The molecule has 0 spiro atoms. The van der Waals surface area contributed by atoms with Gasteiger partial charge in [-0.2, -0.15) is 0 Å². The Bertz CT molecular complexity index is 1110. The van der Waals surface area contributed by atoms with Crippen LogP contribution < -0.4 is 9.80 Å². The van der Waals surface area contributed by atoms with Crippen LogP contribution in [0.1, 0.15) is 12.0 Å². The van der Waals surface area contributed by atoms with Crippen LogP contribution in [0.15, 0.2) is 51.1 Å². The Hall–Kier alpha value is -2.29. The molecular weight excluding hydrogens is 436 g/mol. The number of carbonyl (C=O) groups is 2. The van der Waals surface area contributed by atoms with Crippen LogP contribution >= 0.6 is 35.7 Å². The summed E-state index contributed by atoms with van der Waals surface area (Å²) in [5, 5.41) is 9.02. The van der Waals surface area contributed by atoms with Crippen LogP contribution in [0, 0.1) is 5.92 Å².